The van der Waals surface area contributed by atoms with Crippen LogP contribution in [0.1, 0.15) is 38.5 Å². The Kier molecular flexibility index (Phi) is 3.78. The summed E-state index contributed by atoms with van der Waals surface area (Å²) in [5.41, 5.74) is 5.10. The highest BCUT2D eigenvalue weighted by atomic mass is 16.5. The molecule has 0 aromatic carbocycles. The Labute approximate surface area is 114 Å². The number of rotatable bonds is 6. The minimum absolute atomic E-state index is 0.166. The molecular weight excluding hydrogens is 244 g/mol. The molecule has 1 heterocycles. The van der Waals surface area contributed by atoms with Gasteiger partial charge in [0, 0.05) is 25.0 Å². The van der Waals surface area contributed by atoms with Gasteiger partial charge in [0.1, 0.15) is 5.54 Å². The van der Waals surface area contributed by atoms with Gasteiger partial charge in [-0.25, -0.2) is 0 Å². The third kappa shape index (κ3) is 3.09. The average molecular weight is 268 g/mol. The number of amides is 1. The molecule has 1 aliphatic heterocycles. The van der Waals surface area contributed by atoms with Crippen molar-refractivity contribution in [3.8, 4) is 0 Å². The van der Waals surface area contributed by atoms with Crippen molar-refractivity contribution >= 4 is 5.91 Å². The maximum absolute atomic E-state index is 11.8. The third-order valence-corrected chi connectivity index (χ3v) is 4.59. The maximum Gasteiger partial charge on any atom is 0.237 e. The van der Waals surface area contributed by atoms with E-state index in [1.54, 1.807) is 0 Å². The zero-order valence-electron chi connectivity index (χ0n) is 11.4. The van der Waals surface area contributed by atoms with Crippen LogP contribution < -0.4 is 11.1 Å². The minimum Gasteiger partial charge on any atom is -0.381 e. The van der Waals surface area contributed by atoms with E-state index >= 15 is 0 Å². The van der Waals surface area contributed by atoms with Crippen molar-refractivity contribution in [2.75, 3.05) is 19.8 Å². The molecule has 5 nitrogen and oxygen atoms in total. The fourth-order valence-corrected chi connectivity index (χ4v) is 3.17. The summed E-state index contributed by atoms with van der Waals surface area (Å²) in [4.78, 5) is 11.8. The van der Waals surface area contributed by atoms with E-state index < -0.39 is 5.54 Å². The van der Waals surface area contributed by atoms with Gasteiger partial charge in [-0.3, -0.25) is 4.79 Å². The largest absolute Gasteiger partial charge is 0.381 e. The van der Waals surface area contributed by atoms with Crippen molar-refractivity contribution in [3.05, 3.63) is 0 Å². The molecule has 0 bridgehead atoms. The lowest BCUT2D eigenvalue weighted by molar-refractivity contribution is -0.124. The Morgan fingerprint density at radius 3 is 2.84 bits per heavy atom. The molecule has 3 unspecified atom stereocenters. The first-order valence-corrected chi connectivity index (χ1v) is 7.45. The van der Waals surface area contributed by atoms with Crippen LogP contribution in [0.15, 0.2) is 0 Å². The van der Waals surface area contributed by atoms with Gasteiger partial charge < -0.3 is 20.5 Å². The number of hydrogen-bond donors (Lipinski definition) is 2. The Bertz CT molecular complexity index is 340. The van der Waals surface area contributed by atoms with E-state index in [-0.39, 0.29) is 12.0 Å². The normalized spacial score (nSPS) is 38.7. The predicted octanol–water partition coefficient (Wildman–Crippen LogP) is 0.568. The van der Waals surface area contributed by atoms with Crippen LogP contribution in [0, 0.1) is 5.92 Å². The molecule has 0 aromatic rings. The molecule has 5 heteroatoms. The van der Waals surface area contributed by atoms with Crippen LogP contribution in [0.5, 0.6) is 0 Å². The summed E-state index contributed by atoms with van der Waals surface area (Å²) in [5, 5.41) is 3.44. The van der Waals surface area contributed by atoms with Gasteiger partial charge in [-0.05, 0) is 32.1 Å². The number of hydrogen-bond acceptors (Lipinski definition) is 4. The van der Waals surface area contributed by atoms with E-state index in [0.717, 1.165) is 45.5 Å². The first kappa shape index (κ1) is 13.3. The van der Waals surface area contributed by atoms with Gasteiger partial charge in [0.05, 0.1) is 19.3 Å². The van der Waals surface area contributed by atoms with E-state index in [9.17, 15) is 4.79 Å². The van der Waals surface area contributed by atoms with E-state index in [1.807, 2.05) is 0 Å². The molecule has 2 saturated carbocycles. The first-order valence-electron chi connectivity index (χ1n) is 7.45. The van der Waals surface area contributed by atoms with Crippen LogP contribution in [-0.2, 0) is 14.3 Å². The van der Waals surface area contributed by atoms with Gasteiger partial charge in [-0.1, -0.05) is 0 Å². The van der Waals surface area contributed by atoms with E-state index in [1.165, 1.54) is 12.8 Å². The summed E-state index contributed by atoms with van der Waals surface area (Å²) in [5.74, 6) is 0.315. The van der Waals surface area contributed by atoms with Crippen LogP contribution in [0.3, 0.4) is 0 Å². The Morgan fingerprint density at radius 2 is 2.21 bits per heavy atom. The predicted molar refractivity (Wildman–Crippen MR) is 70.6 cm³/mol. The monoisotopic (exact) mass is 268 g/mol. The molecule has 3 atom stereocenters. The Hall–Kier alpha value is -0.650. The van der Waals surface area contributed by atoms with Crippen molar-refractivity contribution in [2.24, 2.45) is 11.7 Å². The molecule has 0 radical (unpaired) electrons. The quantitative estimate of drug-likeness (QED) is 0.738. The lowest BCUT2D eigenvalue weighted by atomic mass is 9.96. The molecular formula is C14H24N2O3. The number of primary amides is 1. The topological polar surface area (TPSA) is 73.6 Å². The first-order chi connectivity index (χ1) is 9.18. The van der Waals surface area contributed by atoms with Gasteiger partial charge in [0.2, 0.25) is 5.91 Å². The summed E-state index contributed by atoms with van der Waals surface area (Å²) in [6.45, 7) is 2.42. The van der Waals surface area contributed by atoms with Crippen LogP contribution >= 0.6 is 0 Å². The lowest BCUT2D eigenvalue weighted by Crippen LogP contribution is -2.54. The fourth-order valence-electron chi connectivity index (χ4n) is 3.17. The van der Waals surface area contributed by atoms with Gasteiger partial charge in [-0.15, -0.1) is 0 Å². The standard InChI is InChI=1S/C14H24N2O3/c15-13(17)14(16-11-1-2-11)5-3-12(7-14)19-9-10-4-6-18-8-10/h10-12,16H,1-9H2,(H2,15,17). The van der Waals surface area contributed by atoms with E-state index in [0.29, 0.717) is 12.0 Å². The molecule has 1 amide bonds. The van der Waals surface area contributed by atoms with Crippen LogP contribution in [0.25, 0.3) is 0 Å². The molecule has 0 spiro atoms. The van der Waals surface area contributed by atoms with E-state index in [2.05, 4.69) is 5.32 Å². The number of carbonyl (C=O) groups is 1. The summed E-state index contributed by atoms with van der Waals surface area (Å²) >= 11 is 0. The van der Waals surface area contributed by atoms with Crippen molar-refractivity contribution < 1.29 is 14.3 Å². The molecule has 108 valence electrons. The molecule has 0 aromatic heterocycles. The smallest absolute Gasteiger partial charge is 0.237 e. The van der Waals surface area contributed by atoms with Crippen LogP contribution in [-0.4, -0.2) is 43.4 Å². The van der Waals surface area contributed by atoms with Gasteiger partial charge in [-0.2, -0.15) is 0 Å². The zero-order chi connectivity index (χ0) is 13.3. The second-order valence-corrected chi connectivity index (χ2v) is 6.29. The molecule has 3 fully saturated rings. The summed E-state index contributed by atoms with van der Waals surface area (Å²) in [6.07, 6.45) is 6.06. The highest BCUT2D eigenvalue weighted by Crippen LogP contribution is 2.35. The van der Waals surface area contributed by atoms with Crippen molar-refractivity contribution in [1.82, 2.24) is 5.32 Å². The SMILES string of the molecule is NC(=O)C1(NC2CC2)CCC(OCC2CCOC2)C1. The van der Waals surface area contributed by atoms with Crippen molar-refractivity contribution in [1.29, 1.82) is 0 Å². The number of nitrogens with one attached hydrogen (secondary N) is 1. The summed E-state index contributed by atoms with van der Waals surface area (Å²) < 4.78 is 11.3. The van der Waals surface area contributed by atoms with Crippen LogP contribution in [0.4, 0.5) is 0 Å². The average Bonchev–Trinajstić information content (AvgIpc) is 2.91. The summed E-state index contributed by atoms with van der Waals surface area (Å²) in [7, 11) is 0. The molecule has 19 heavy (non-hydrogen) atoms. The number of nitrogens with two attached hydrogens (primary N) is 1. The minimum atomic E-state index is -0.516. The second kappa shape index (κ2) is 5.38. The molecule has 2 aliphatic carbocycles. The highest BCUT2D eigenvalue weighted by molar-refractivity contribution is 5.85. The molecule has 1 saturated heterocycles. The molecule has 3 N–H and O–H groups in total. The van der Waals surface area contributed by atoms with Crippen molar-refractivity contribution in [3.63, 3.8) is 0 Å². The van der Waals surface area contributed by atoms with Crippen molar-refractivity contribution in [2.45, 2.75) is 56.2 Å². The second-order valence-electron chi connectivity index (χ2n) is 6.29. The van der Waals surface area contributed by atoms with Gasteiger partial charge in [0.15, 0.2) is 0 Å². The summed E-state index contributed by atoms with van der Waals surface area (Å²) in [6, 6.07) is 0.495. The Morgan fingerprint density at radius 1 is 1.37 bits per heavy atom. The zero-order valence-corrected chi connectivity index (χ0v) is 11.4. The molecule has 3 aliphatic rings. The third-order valence-electron chi connectivity index (χ3n) is 4.59. The number of ether oxygens (including phenoxy) is 2. The lowest BCUT2D eigenvalue weighted by Gasteiger charge is -2.27. The van der Waals surface area contributed by atoms with E-state index in [4.69, 9.17) is 15.2 Å². The molecule has 3 rings (SSSR count). The fraction of sp³-hybridized carbons (Fsp3) is 0.929. The van der Waals surface area contributed by atoms with Crippen LogP contribution in [0.2, 0.25) is 0 Å². The highest BCUT2D eigenvalue weighted by Gasteiger charge is 2.47. The van der Waals surface area contributed by atoms with Gasteiger partial charge in [0.25, 0.3) is 0 Å². The maximum atomic E-state index is 11.8. The number of carbonyl (C=O) groups excluding carboxylic acids is 1. The Balaban J connectivity index is 1.50. The van der Waals surface area contributed by atoms with Gasteiger partial charge >= 0.3 is 0 Å².